The van der Waals surface area contributed by atoms with Crippen molar-refractivity contribution in [3.63, 3.8) is 0 Å². The van der Waals surface area contributed by atoms with Crippen molar-refractivity contribution >= 4 is 5.91 Å². The fourth-order valence-electron chi connectivity index (χ4n) is 2.28. The van der Waals surface area contributed by atoms with Gasteiger partial charge in [-0.15, -0.1) is 0 Å². The van der Waals surface area contributed by atoms with Crippen LogP contribution in [0.1, 0.15) is 46.0 Å². The summed E-state index contributed by atoms with van der Waals surface area (Å²) in [5.74, 6) is 0.0966. The summed E-state index contributed by atoms with van der Waals surface area (Å²) in [6.45, 7) is 4.62. The molecule has 0 aliphatic heterocycles. The highest BCUT2D eigenvalue weighted by Gasteiger charge is 2.27. The summed E-state index contributed by atoms with van der Waals surface area (Å²) in [5, 5.41) is 15.2. The number of nitrogens with one attached hydrogen (secondary N) is 2. The van der Waals surface area contributed by atoms with Crippen LogP contribution < -0.4 is 10.6 Å². The Hall–Kier alpha value is -1.08. The van der Waals surface area contributed by atoms with E-state index in [-0.39, 0.29) is 23.9 Å². The molecule has 0 bridgehead atoms. The molecule has 17 heavy (non-hydrogen) atoms. The lowest BCUT2D eigenvalue weighted by Gasteiger charge is -2.30. The van der Waals surface area contributed by atoms with E-state index in [1.165, 1.54) is 0 Å². The molecule has 3 unspecified atom stereocenters. The van der Waals surface area contributed by atoms with Gasteiger partial charge in [0.1, 0.15) is 0 Å². The second-order valence-electron chi connectivity index (χ2n) is 4.81. The minimum Gasteiger partial charge on any atom is -0.355 e. The molecular weight excluding hydrogens is 214 g/mol. The van der Waals surface area contributed by atoms with Crippen molar-refractivity contribution in [2.75, 3.05) is 6.54 Å². The quantitative estimate of drug-likeness (QED) is 0.763. The van der Waals surface area contributed by atoms with Gasteiger partial charge in [-0.3, -0.25) is 4.79 Å². The van der Waals surface area contributed by atoms with Crippen molar-refractivity contribution in [3.8, 4) is 6.07 Å². The molecule has 0 saturated heterocycles. The molecular formula is C13H23N3O. The van der Waals surface area contributed by atoms with Crippen LogP contribution in [-0.2, 0) is 4.79 Å². The molecule has 96 valence electrons. The number of nitrogens with zero attached hydrogens (tertiary/aromatic N) is 1. The van der Waals surface area contributed by atoms with Gasteiger partial charge in [0.2, 0.25) is 5.91 Å². The van der Waals surface area contributed by atoms with Crippen LogP contribution in [0.25, 0.3) is 0 Å². The first-order chi connectivity index (χ1) is 8.19. The minimum atomic E-state index is -0.208. The third-order valence-electron chi connectivity index (χ3n) is 3.34. The third-order valence-corrected chi connectivity index (χ3v) is 3.34. The van der Waals surface area contributed by atoms with E-state index in [0.29, 0.717) is 0 Å². The summed E-state index contributed by atoms with van der Waals surface area (Å²) in [6, 6.07) is 2.32. The van der Waals surface area contributed by atoms with Gasteiger partial charge in [-0.25, -0.2) is 0 Å². The Morgan fingerprint density at radius 1 is 1.47 bits per heavy atom. The first-order valence-corrected chi connectivity index (χ1v) is 6.62. The molecule has 0 heterocycles. The molecule has 1 fully saturated rings. The Labute approximate surface area is 104 Å². The topological polar surface area (TPSA) is 64.9 Å². The molecule has 1 rings (SSSR count). The van der Waals surface area contributed by atoms with Gasteiger partial charge in [-0.1, -0.05) is 19.8 Å². The highest BCUT2D eigenvalue weighted by atomic mass is 16.2. The Balaban J connectivity index is 2.40. The van der Waals surface area contributed by atoms with Crippen LogP contribution in [0.4, 0.5) is 0 Å². The number of hydrogen-bond donors (Lipinski definition) is 2. The number of carbonyl (C=O) groups is 1. The van der Waals surface area contributed by atoms with Gasteiger partial charge in [-0.05, 0) is 26.2 Å². The summed E-state index contributed by atoms with van der Waals surface area (Å²) in [7, 11) is 0. The molecule has 0 aromatic rings. The lowest BCUT2D eigenvalue weighted by atomic mass is 9.85. The van der Waals surface area contributed by atoms with Gasteiger partial charge in [0.15, 0.2) is 0 Å². The Morgan fingerprint density at radius 3 is 2.82 bits per heavy atom. The predicted octanol–water partition coefficient (Wildman–Crippen LogP) is 1.57. The maximum absolute atomic E-state index is 11.7. The van der Waals surface area contributed by atoms with Crippen molar-refractivity contribution in [1.29, 1.82) is 5.26 Å². The zero-order valence-corrected chi connectivity index (χ0v) is 10.8. The van der Waals surface area contributed by atoms with Crippen LogP contribution in [0.3, 0.4) is 0 Å². The number of amides is 1. The van der Waals surface area contributed by atoms with Crippen molar-refractivity contribution in [3.05, 3.63) is 0 Å². The molecule has 4 heteroatoms. The van der Waals surface area contributed by atoms with E-state index in [4.69, 9.17) is 5.26 Å². The van der Waals surface area contributed by atoms with Gasteiger partial charge < -0.3 is 10.6 Å². The van der Waals surface area contributed by atoms with Crippen molar-refractivity contribution in [2.24, 2.45) is 5.92 Å². The summed E-state index contributed by atoms with van der Waals surface area (Å²) >= 11 is 0. The number of hydrogen-bond acceptors (Lipinski definition) is 3. The third kappa shape index (κ3) is 4.35. The minimum absolute atomic E-state index is 0.0362. The van der Waals surface area contributed by atoms with Crippen molar-refractivity contribution in [2.45, 2.75) is 58.0 Å². The number of rotatable bonds is 5. The van der Waals surface area contributed by atoms with E-state index < -0.39 is 0 Å². The average Bonchev–Trinajstić information content (AvgIpc) is 2.36. The van der Waals surface area contributed by atoms with E-state index >= 15 is 0 Å². The first-order valence-electron chi connectivity index (χ1n) is 6.62. The Kier molecular flexibility index (Phi) is 5.99. The summed E-state index contributed by atoms with van der Waals surface area (Å²) in [6.07, 6.45) is 5.19. The normalized spacial score (nSPS) is 25.9. The molecule has 0 aromatic carbocycles. The average molecular weight is 237 g/mol. The van der Waals surface area contributed by atoms with E-state index in [9.17, 15) is 4.79 Å². The fraction of sp³-hybridized carbons (Fsp3) is 0.846. The standard InChI is InChI=1S/C13H23N3O/c1-3-8-15-13(17)10(2)16-12-7-5-4-6-11(12)9-14/h10-12,16H,3-8H2,1-2H3,(H,15,17). The smallest absolute Gasteiger partial charge is 0.236 e. The lowest BCUT2D eigenvalue weighted by molar-refractivity contribution is -0.123. The maximum Gasteiger partial charge on any atom is 0.236 e. The lowest BCUT2D eigenvalue weighted by Crippen LogP contribution is -2.49. The van der Waals surface area contributed by atoms with Crippen molar-refractivity contribution < 1.29 is 4.79 Å². The van der Waals surface area contributed by atoms with E-state index in [1.807, 2.05) is 13.8 Å². The van der Waals surface area contributed by atoms with E-state index in [1.54, 1.807) is 0 Å². The maximum atomic E-state index is 11.7. The predicted molar refractivity (Wildman–Crippen MR) is 67.3 cm³/mol. The summed E-state index contributed by atoms with van der Waals surface area (Å²) < 4.78 is 0. The van der Waals surface area contributed by atoms with Crippen LogP contribution in [0.15, 0.2) is 0 Å². The highest BCUT2D eigenvalue weighted by molar-refractivity contribution is 5.81. The van der Waals surface area contributed by atoms with Crippen molar-refractivity contribution in [1.82, 2.24) is 10.6 Å². The summed E-state index contributed by atoms with van der Waals surface area (Å²) in [4.78, 5) is 11.7. The van der Waals surface area contributed by atoms with Crippen LogP contribution in [0, 0.1) is 17.2 Å². The second kappa shape index (κ2) is 7.29. The van der Waals surface area contributed by atoms with E-state index in [0.717, 1.165) is 38.6 Å². The molecule has 1 aliphatic carbocycles. The van der Waals surface area contributed by atoms with Gasteiger partial charge in [-0.2, -0.15) is 5.26 Å². The second-order valence-corrected chi connectivity index (χ2v) is 4.81. The molecule has 0 spiro atoms. The molecule has 0 aromatic heterocycles. The van der Waals surface area contributed by atoms with Gasteiger partial charge in [0.05, 0.1) is 18.0 Å². The van der Waals surface area contributed by atoms with Gasteiger partial charge >= 0.3 is 0 Å². The molecule has 1 amide bonds. The molecule has 0 radical (unpaired) electrons. The first kappa shape index (κ1) is 14.0. The fourth-order valence-corrected chi connectivity index (χ4v) is 2.28. The number of carbonyl (C=O) groups excluding carboxylic acids is 1. The largest absolute Gasteiger partial charge is 0.355 e. The molecule has 1 aliphatic rings. The van der Waals surface area contributed by atoms with Gasteiger partial charge in [0, 0.05) is 12.6 Å². The van der Waals surface area contributed by atoms with Crippen LogP contribution in [0.5, 0.6) is 0 Å². The molecule has 3 atom stereocenters. The molecule has 4 nitrogen and oxygen atoms in total. The monoisotopic (exact) mass is 237 g/mol. The SMILES string of the molecule is CCCNC(=O)C(C)NC1CCCCC1C#N. The number of nitriles is 1. The van der Waals surface area contributed by atoms with E-state index in [2.05, 4.69) is 16.7 Å². The zero-order valence-electron chi connectivity index (χ0n) is 10.8. The van der Waals surface area contributed by atoms with Gasteiger partial charge in [0.25, 0.3) is 0 Å². The Bertz CT molecular complexity index is 285. The molecule has 2 N–H and O–H groups in total. The Morgan fingerprint density at radius 2 is 2.18 bits per heavy atom. The summed E-state index contributed by atoms with van der Waals surface area (Å²) in [5.41, 5.74) is 0. The highest BCUT2D eigenvalue weighted by Crippen LogP contribution is 2.24. The molecule has 1 saturated carbocycles. The van der Waals surface area contributed by atoms with Crippen LogP contribution in [0.2, 0.25) is 0 Å². The zero-order chi connectivity index (χ0) is 12.7. The van der Waals surface area contributed by atoms with Crippen LogP contribution >= 0.6 is 0 Å². The van der Waals surface area contributed by atoms with Crippen LogP contribution in [-0.4, -0.2) is 24.5 Å².